The molecule has 1 aromatic heterocycles. The number of nitrogens with zero attached hydrogens (tertiary/aromatic N) is 2. The van der Waals surface area contributed by atoms with E-state index < -0.39 is 24.3 Å². The number of halogens is 5. The molecule has 20 heavy (non-hydrogen) atoms. The highest BCUT2D eigenvalue weighted by Gasteiger charge is 2.30. The van der Waals surface area contributed by atoms with Crippen molar-refractivity contribution in [2.75, 3.05) is 0 Å². The Bertz CT molecular complexity index is 619. The minimum absolute atomic E-state index is 0. The summed E-state index contributed by atoms with van der Waals surface area (Å²) >= 11 is 0. The van der Waals surface area contributed by atoms with Crippen molar-refractivity contribution in [3.05, 3.63) is 35.8 Å². The van der Waals surface area contributed by atoms with Crippen LogP contribution >= 0.6 is 24.8 Å². The molecule has 2 N–H and O–H groups in total. The minimum Gasteiger partial charge on any atom is -0.363 e. The van der Waals surface area contributed by atoms with E-state index >= 15 is 0 Å². The van der Waals surface area contributed by atoms with Crippen molar-refractivity contribution in [2.24, 2.45) is 5.73 Å². The van der Waals surface area contributed by atoms with Crippen molar-refractivity contribution in [3.63, 3.8) is 0 Å². The number of hydrogen-bond acceptors (Lipinski definition) is 3. The van der Waals surface area contributed by atoms with E-state index in [1.807, 2.05) is 0 Å². The number of carbonyl (C=O) groups is 1. The van der Waals surface area contributed by atoms with Gasteiger partial charge in [0.1, 0.15) is 0 Å². The Morgan fingerprint density at radius 2 is 1.75 bits per heavy atom. The highest BCUT2D eigenvalue weighted by molar-refractivity contribution is 5.92. The van der Waals surface area contributed by atoms with Crippen LogP contribution in [0.2, 0.25) is 0 Å². The van der Waals surface area contributed by atoms with Gasteiger partial charge in [0.25, 0.3) is 5.91 Å². The molecule has 9 heteroatoms. The first-order valence-corrected chi connectivity index (χ1v) is 4.99. The zero-order chi connectivity index (χ0) is 13.3. The van der Waals surface area contributed by atoms with Gasteiger partial charge >= 0.3 is 6.18 Å². The number of aromatic nitrogens is 2. The lowest BCUT2D eigenvalue weighted by Crippen LogP contribution is -2.19. The van der Waals surface area contributed by atoms with Crippen LogP contribution < -0.4 is 5.73 Å². The van der Waals surface area contributed by atoms with Crippen molar-refractivity contribution < 1.29 is 18.0 Å². The van der Waals surface area contributed by atoms with Gasteiger partial charge in [0, 0.05) is 5.39 Å². The van der Waals surface area contributed by atoms with Gasteiger partial charge in [-0.1, -0.05) is 18.2 Å². The molecule has 0 aliphatic carbocycles. The van der Waals surface area contributed by atoms with Crippen LogP contribution in [0.15, 0.2) is 24.3 Å². The highest BCUT2D eigenvalue weighted by Crippen LogP contribution is 2.24. The van der Waals surface area contributed by atoms with Crippen LogP contribution in [-0.2, 0) is 6.42 Å². The fraction of sp³-hybridized carbons (Fsp3) is 0.182. The molecular formula is C11H10Cl2F3N3O. The monoisotopic (exact) mass is 327 g/mol. The van der Waals surface area contributed by atoms with E-state index in [1.54, 1.807) is 12.1 Å². The molecule has 1 heterocycles. The lowest BCUT2D eigenvalue weighted by Gasteiger charge is -2.09. The van der Waals surface area contributed by atoms with Gasteiger partial charge < -0.3 is 5.73 Å². The number of amides is 1. The summed E-state index contributed by atoms with van der Waals surface area (Å²) in [6, 6.07) is 6.16. The summed E-state index contributed by atoms with van der Waals surface area (Å²) in [5.41, 5.74) is 5.01. The van der Waals surface area contributed by atoms with E-state index in [9.17, 15) is 18.0 Å². The molecule has 110 valence electrons. The molecule has 2 aromatic rings. The summed E-state index contributed by atoms with van der Waals surface area (Å²) in [7, 11) is 0. The SMILES string of the molecule is Cl.Cl.NC(=O)c1nc(CC(F)(F)F)c2ccccc2n1. The second-order valence-electron chi connectivity index (χ2n) is 3.67. The molecular weight excluding hydrogens is 318 g/mol. The van der Waals surface area contributed by atoms with Crippen LogP contribution in [0.4, 0.5) is 13.2 Å². The van der Waals surface area contributed by atoms with Crippen molar-refractivity contribution in [3.8, 4) is 0 Å². The third-order valence-corrected chi connectivity index (χ3v) is 2.27. The molecule has 1 aromatic carbocycles. The van der Waals surface area contributed by atoms with Crippen molar-refractivity contribution in [1.82, 2.24) is 9.97 Å². The van der Waals surface area contributed by atoms with Crippen molar-refractivity contribution >= 4 is 41.6 Å². The topological polar surface area (TPSA) is 68.9 Å². The maximum absolute atomic E-state index is 12.4. The predicted octanol–water partition coefficient (Wildman–Crippen LogP) is 2.68. The molecule has 0 saturated heterocycles. The average Bonchev–Trinajstić information content (AvgIpc) is 2.26. The first-order valence-electron chi connectivity index (χ1n) is 4.99. The summed E-state index contributed by atoms with van der Waals surface area (Å²) < 4.78 is 37.3. The largest absolute Gasteiger partial charge is 0.394 e. The lowest BCUT2D eigenvalue weighted by atomic mass is 10.1. The van der Waals surface area contributed by atoms with Crippen molar-refractivity contribution in [1.29, 1.82) is 0 Å². The average molecular weight is 328 g/mol. The Kier molecular flexibility index (Phi) is 6.18. The van der Waals surface area contributed by atoms with E-state index in [4.69, 9.17) is 5.73 Å². The molecule has 0 radical (unpaired) electrons. The summed E-state index contributed by atoms with van der Waals surface area (Å²) in [5.74, 6) is -1.36. The van der Waals surface area contributed by atoms with Gasteiger partial charge in [0.2, 0.25) is 5.82 Å². The van der Waals surface area contributed by atoms with Crippen LogP contribution in [0.25, 0.3) is 10.9 Å². The Morgan fingerprint density at radius 3 is 2.30 bits per heavy atom. The summed E-state index contributed by atoms with van der Waals surface area (Å²) in [6.45, 7) is 0. The molecule has 0 spiro atoms. The van der Waals surface area contributed by atoms with Crippen LogP contribution in [-0.4, -0.2) is 22.1 Å². The molecule has 0 saturated carbocycles. The molecule has 1 amide bonds. The molecule has 0 aliphatic heterocycles. The van der Waals surface area contributed by atoms with Crippen LogP contribution in [0, 0.1) is 0 Å². The zero-order valence-electron chi connectivity index (χ0n) is 9.85. The Hall–Kier alpha value is -1.60. The number of hydrogen-bond donors (Lipinski definition) is 1. The third kappa shape index (κ3) is 4.21. The fourth-order valence-corrected chi connectivity index (χ4v) is 1.58. The number of primary amides is 1. The van der Waals surface area contributed by atoms with E-state index in [-0.39, 0.29) is 41.4 Å². The molecule has 0 fully saturated rings. The zero-order valence-corrected chi connectivity index (χ0v) is 11.5. The number of para-hydroxylation sites is 1. The van der Waals surface area contributed by atoms with Crippen LogP contribution in [0.1, 0.15) is 16.3 Å². The number of fused-ring (bicyclic) bond motifs is 1. The molecule has 2 rings (SSSR count). The molecule has 0 atom stereocenters. The van der Waals surface area contributed by atoms with Crippen molar-refractivity contribution in [2.45, 2.75) is 12.6 Å². The van der Waals surface area contributed by atoms with Gasteiger partial charge in [0.05, 0.1) is 17.6 Å². The fourth-order valence-electron chi connectivity index (χ4n) is 1.58. The second-order valence-corrected chi connectivity index (χ2v) is 3.67. The normalized spacial score (nSPS) is 10.6. The summed E-state index contributed by atoms with van der Waals surface area (Å²) in [5, 5.41) is 0.264. The second kappa shape index (κ2) is 6.71. The van der Waals surface area contributed by atoms with E-state index in [2.05, 4.69) is 9.97 Å². The maximum Gasteiger partial charge on any atom is 0.394 e. The Labute approximate surface area is 124 Å². The number of carbonyl (C=O) groups excluding carboxylic acids is 1. The van der Waals surface area contributed by atoms with Gasteiger partial charge in [-0.2, -0.15) is 13.2 Å². The summed E-state index contributed by atoms with van der Waals surface area (Å²) in [4.78, 5) is 18.4. The van der Waals surface area contributed by atoms with Gasteiger partial charge in [-0.05, 0) is 6.07 Å². The lowest BCUT2D eigenvalue weighted by molar-refractivity contribution is -0.127. The molecule has 0 aliphatic rings. The first kappa shape index (κ1) is 18.4. The number of nitrogens with two attached hydrogens (primary N) is 1. The van der Waals surface area contributed by atoms with E-state index in [0.717, 1.165) is 0 Å². The number of rotatable bonds is 2. The smallest absolute Gasteiger partial charge is 0.363 e. The van der Waals surface area contributed by atoms with Gasteiger partial charge in [0.15, 0.2) is 0 Å². The standard InChI is InChI=1S/C11H8F3N3O.2ClH/c12-11(13,14)5-8-6-3-1-2-4-7(6)16-10(17-8)9(15)18;;/h1-4H,5H2,(H2,15,18);2*1H. The van der Waals surface area contributed by atoms with Gasteiger partial charge in [-0.3, -0.25) is 4.79 Å². The molecule has 0 unspecified atom stereocenters. The Balaban J connectivity index is 0.00000180. The highest BCUT2D eigenvalue weighted by atomic mass is 35.5. The minimum atomic E-state index is -4.41. The summed E-state index contributed by atoms with van der Waals surface area (Å²) in [6.07, 6.45) is -5.64. The first-order chi connectivity index (χ1) is 8.37. The van der Waals surface area contributed by atoms with E-state index in [1.165, 1.54) is 12.1 Å². The van der Waals surface area contributed by atoms with Gasteiger partial charge in [-0.15, -0.1) is 24.8 Å². The maximum atomic E-state index is 12.4. The predicted molar refractivity (Wildman–Crippen MR) is 72.3 cm³/mol. The quantitative estimate of drug-likeness (QED) is 0.921. The molecule has 0 bridgehead atoms. The van der Waals surface area contributed by atoms with Crippen LogP contribution in [0.5, 0.6) is 0 Å². The van der Waals surface area contributed by atoms with E-state index in [0.29, 0.717) is 0 Å². The van der Waals surface area contributed by atoms with Gasteiger partial charge in [-0.25, -0.2) is 9.97 Å². The Morgan fingerprint density at radius 1 is 1.15 bits per heavy atom. The van der Waals surface area contributed by atoms with Crippen LogP contribution in [0.3, 0.4) is 0 Å². The number of alkyl halides is 3. The third-order valence-electron chi connectivity index (χ3n) is 2.27. The number of benzene rings is 1. The molecule has 4 nitrogen and oxygen atoms in total.